The van der Waals surface area contributed by atoms with E-state index in [0.29, 0.717) is 53.3 Å². The van der Waals surface area contributed by atoms with E-state index in [-0.39, 0.29) is 13.3 Å². The lowest BCUT2D eigenvalue weighted by Gasteiger charge is -2.13. The Kier molecular flexibility index (Phi) is 6.93. The van der Waals surface area contributed by atoms with Crippen molar-refractivity contribution in [3.05, 3.63) is 48.8 Å². The Morgan fingerprint density at radius 1 is 1.06 bits per heavy atom. The summed E-state index contributed by atoms with van der Waals surface area (Å²) >= 11 is 1.46. The van der Waals surface area contributed by atoms with Crippen molar-refractivity contribution in [1.29, 1.82) is 0 Å². The van der Waals surface area contributed by atoms with Crippen LogP contribution < -0.4 is 30.4 Å². The molecule has 0 radical (unpaired) electrons. The van der Waals surface area contributed by atoms with Crippen molar-refractivity contribution in [3.8, 4) is 22.6 Å². The molecule has 36 heavy (non-hydrogen) atoms. The number of benzene rings is 2. The lowest BCUT2D eigenvalue weighted by atomic mass is 10.1. The standard InChI is InChI=1S/C22H24N8O4S2/c23-20-19-21(27-12-26-20)30(9-8-25-6-7-28-36(24,31)32)22(29-19)35-18-11-17-16(33-13-34-17)10-15(18)14-4-2-1-3-5-14/h1-5,10-12,25,28H,6-9,13H2,(H2,23,26,27)(H2,24,31,32). The van der Waals surface area contributed by atoms with Crippen molar-refractivity contribution >= 4 is 39.0 Å². The van der Waals surface area contributed by atoms with Gasteiger partial charge in [0, 0.05) is 31.1 Å². The van der Waals surface area contributed by atoms with Gasteiger partial charge in [0.05, 0.1) is 0 Å². The molecule has 188 valence electrons. The van der Waals surface area contributed by atoms with Gasteiger partial charge < -0.3 is 25.1 Å². The van der Waals surface area contributed by atoms with Crippen LogP contribution in [0.1, 0.15) is 0 Å². The maximum Gasteiger partial charge on any atom is 0.274 e. The summed E-state index contributed by atoms with van der Waals surface area (Å²) in [4.78, 5) is 14.2. The Hall–Kier alpha value is -3.43. The van der Waals surface area contributed by atoms with Gasteiger partial charge in [0.2, 0.25) is 6.79 Å². The van der Waals surface area contributed by atoms with Gasteiger partial charge in [-0.2, -0.15) is 8.42 Å². The molecule has 0 saturated heterocycles. The van der Waals surface area contributed by atoms with Gasteiger partial charge >= 0.3 is 0 Å². The minimum Gasteiger partial charge on any atom is -0.454 e. The maximum absolute atomic E-state index is 11.0. The smallest absolute Gasteiger partial charge is 0.274 e. The summed E-state index contributed by atoms with van der Waals surface area (Å²) in [6.45, 7) is 1.80. The molecule has 3 heterocycles. The molecule has 0 aliphatic carbocycles. The first-order valence-electron chi connectivity index (χ1n) is 11.0. The molecule has 1 aliphatic rings. The van der Waals surface area contributed by atoms with Crippen LogP contribution in [0.4, 0.5) is 5.82 Å². The van der Waals surface area contributed by atoms with Gasteiger partial charge in [-0.15, -0.1) is 0 Å². The van der Waals surface area contributed by atoms with Crippen LogP contribution in [0.5, 0.6) is 11.5 Å². The first-order valence-corrected chi connectivity index (χ1v) is 13.4. The number of nitrogens with zero attached hydrogens (tertiary/aromatic N) is 4. The van der Waals surface area contributed by atoms with E-state index in [0.717, 1.165) is 16.0 Å². The highest BCUT2D eigenvalue weighted by Gasteiger charge is 2.22. The Labute approximate surface area is 211 Å². The molecular weight excluding hydrogens is 504 g/mol. The summed E-state index contributed by atoms with van der Waals surface area (Å²) < 4.78 is 37.5. The van der Waals surface area contributed by atoms with E-state index in [1.54, 1.807) is 0 Å². The Morgan fingerprint density at radius 3 is 2.61 bits per heavy atom. The third-order valence-electron chi connectivity index (χ3n) is 5.40. The fourth-order valence-corrected chi connectivity index (χ4v) is 5.22. The average molecular weight is 529 g/mol. The number of anilines is 1. The molecule has 0 spiro atoms. The summed E-state index contributed by atoms with van der Waals surface area (Å²) in [5.74, 6) is 1.65. The number of nitrogen functional groups attached to an aromatic ring is 1. The number of nitrogens with two attached hydrogens (primary N) is 2. The molecule has 12 nitrogen and oxygen atoms in total. The topological polar surface area (TPSA) is 172 Å². The van der Waals surface area contributed by atoms with Gasteiger partial charge in [-0.3, -0.25) is 0 Å². The lowest BCUT2D eigenvalue weighted by Crippen LogP contribution is -2.36. The fourth-order valence-electron chi connectivity index (χ4n) is 3.76. The molecule has 1 aliphatic heterocycles. The van der Waals surface area contributed by atoms with Crippen molar-refractivity contribution < 1.29 is 17.9 Å². The predicted octanol–water partition coefficient (Wildman–Crippen LogP) is 1.34. The molecule has 4 aromatic rings. The maximum atomic E-state index is 11.0. The number of hydrogen-bond donors (Lipinski definition) is 4. The number of imidazole rings is 1. The van der Waals surface area contributed by atoms with Crippen LogP contribution in [0, 0.1) is 0 Å². The van der Waals surface area contributed by atoms with Crippen molar-refractivity contribution in [2.45, 2.75) is 16.6 Å². The average Bonchev–Trinajstić information content (AvgIpc) is 3.45. The molecule has 0 saturated carbocycles. The molecule has 0 bridgehead atoms. The van der Waals surface area contributed by atoms with Gasteiger partial charge in [0.25, 0.3) is 10.2 Å². The molecule has 2 aromatic heterocycles. The third kappa shape index (κ3) is 5.37. The zero-order valence-electron chi connectivity index (χ0n) is 19.0. The lowest BCUT2D eigenvalue weighted by molar-refractivity contribution is 0.174. The van der Waals surface area contributed by atoms with E-state index in [1.165, 1.54) is 18.1 Å². The van der Waals surface area contributed by atoms with Crippen LogP contribution in [0.2, 0.25) is 0 Å². The second kappa shape index (κ2) is 10.3. The number of aromatic nitrogens is 4. The minimum atomic E-state index is -3.72. The first-order chi connectivity index (χ1) is 17.4. The van der Waals surface area contributed by atoms with Crippen molar-refractivity contribution in [3.63, 3.8) is 0 Å². The summed E-state index contributed by atoms with van der Waals surface area (Å²) in [6, 6.07) is 13.9. The number of hydrogen-bond acceptors (Lipinski definition) is 10. The first kappa shape index (κ1) is 24.3. The predicted molar refractivity (Wildman–Crippen MR) is 136 cm³/mol. The van der Waals surface area contributed by atoms with Gasteiger partial charge in [-0.25, -0.2) is 24.8 Å². The second-order valence-electron chi connectivity index (χ2n) is 7.84. The Morgan fingerprint density at radius 2 is 1.83 bits per heavy atom. The van der Waals surface area contributed by atoms with Crippen LogP contribution in [0.3, 0.4) is 0 Å². The molecule has 2 aromatic carbocycles. The van der Waals surface area contributed by atoms with E-state index in [4.69, 9.17) is 25.3 Å². The zero-order chi connectivity index (χ0) is 25.1. The highest BCUT2D eigenvalue weighted by molar-refractivity contribution is 7.99. The van der Waals surface area contributed by atoms with Gasteiger partial charge in [-0.05, 0) is 23.3 Å². The number of fused-ring (bicyclic) bond motifs is 2. The molecule has 0 amide bonds. The van der Waals surface area contributed by atoms with Gasteiger partial charge in [-0.1, -0.05) is 42.1 Å². The van der Waals surface area contributed by atoms with Gasteiger partial charge in [0.1, 0.15) is 6.33 Å². The van der Waals surface area contributed by atoms with Crippen LogP contribution in [-0.4, -0.2) is 54.4 Å². The minimum absolute atomic E-state index is 0.175. The largest absolute Gasteiger partial charge is 0.454 e. The molecule has 6 N–H and O–H groups in total. The quantitative estimate of drug-likeness (QED) is 0.220. The van der Waals surface area contributed by atoms with Gasteiger partial charge in [0.15, 0.2) is 33.6 Å². The van der Waals surface area contributed by atoms with Crippen LogP contribution in [0.15, 0.2) is 58.8 Å². The fraction of sp³-hybridized carbons (Fsp3) is 0.227. The zero-order valence-corrected chi connectivity index (χ0v) is 20.7. The summed E-state index contributed by atoms with van der Waals surface area (Å²) in [6.07, 6.45) is 1.41. The monoisotopic (exact) mass is 528 g/mol. The highest BCUT2D eigenvalue weighted by atomic mass is 32.2. The normalized spacial score (nSPS) is 12.9. The SMILES string of the molecule is Nc1ncnc2c1nc(Sc1cc3c(cc1-c1ccccc1)OCO3)n2CCNCCNS(N)(=O)=O. The van der Waals surface area contributed by atoms with E-state index in [1.807, 2.05) is 47.0 Å². The van der Waals surface area contributed by atoms with E-state index >= 15 is 0 Å². The molecule has 0 fully saturated rings. The third-order valence-corrected chi connectivity index (χ3v) is 7.06. The van der Waals surface area contributed by atoms with Crippen molar-refractivity contribution in [1.82, 2.24) is 29.6 Å². The van der Waals surface area contributed by atoms with Crippen molar-refractivity contribution in [2.75, 3.05) is 32.2 Å². The number of ether oxygens (including phenoxy) is 2. The molecular formula is C22H24N8O4S2. The summed E-state index contributed by atoms with van der Waals surface area (Å²) in [7, 11) is -3.72. The number of rotatable bonds is 10. The van der Waals surface area contributed by atoms with Crippen LogP contribution >= 0.6 is 11.8 Å². The van der Waals surface area contributed by atoms with Crippen LogP contribution in [0.25, 0.3) is 22.3 Å². The molecule has 0 atom stereocenters. The van der Waals surface area contributed by atoms with E-state index in [2.05, 4.69) is 20.0 Å². The Balaban J connectivity index is 1.45. The second-order valence-corrected chi connectivity index (χ2v) is 10.2. The van der Waals surface area contributed by atoms with Crippen LogP contribution in [-0.2, 0) is 16.8 Å². The Bertz CT molecular complexity index is 1500. The van der Waals surface area contributed by atoms with E-state index in [9.17, 15) is 8.42 Å². The molecule has 14 heteroatoms. The van der Waals surface area contributed by atoms with E-state index < -0.39 is 10.2 Å². The summed E-state index contributed by atoms with van der Waals surface area (Å²) in [5, 5.41) is 8.83. The highest BCUT2D eigenvalue weighted by Crippen LogP contribution is 2.44. The van der Waals surface area contributed by atoms with Crippen molar-refractivity contribution in [2.24, 2.45) is 5.14 Å². The summed E-state index contributed by atoms with van der Waals surface area (Å²) in [5.41, 5.74) is 9.23. The number of nitrogens with one attached hydrogen (secondary N) is 2. The molecule has 5 rings (SSSR count). The molecule has 0 unspecified atom stereocenters.